The van der Waals surface area contributed by atoms with Gasteiger partial charge in [0.1, 0.15) is 18.8 Å². The van der Waals surface area contributed by atoms with Gasteiger partial charge in [0.15, 0.2) is 5.78 Å². The minimum Gasteiger partial charge on any atom is -0.377 e. The molecular weight excluding hydrogens is 572 g/mol. The largest absolute Gasteiger partial charge is 0.457 e. The molecule has 3 unspecified atom stereocenters. The second kappa shape index (κ2) is 11.7. The van der Waals surface area contributed by atoms with Crippen LogP contribution in [0.15, 0.2) is 52.2 Å². The van der Waals surface area contributed by atoms with E-state index in [4.69, 9.17) is 4.74 Å². The quantitative estimate of drug-likeness (QED) is 0.187. The van der Waals surface area contributed by atoms with Crippen molar-refractivity contribution in [3.63, 3.8) is 0 Å². The smallest absolute Gasteiger partial charge is 0.377 e. The lowest BCUT2D eigenvalue weighted by Crippen LogP contribution is -2.52. The fraction of sp³-hybridized carbons (Fsp3) is 0.629. The second-order valence-corrected chi connectivity index (χ2v) is 13.5. The average Bonchev–Trinajstić information content (AvgIpc) is 3.32. The third-order valence-electron chi connectivity index (χ3n) is 11.4. The topological polar surface area (TPSA) is 59.0 Å². The molecule has 1 saturated heterocycles. The number of nitrogens with zero attached hydrogens (tertiary/aromatic N) is 2. The molecule has 9 heteroatoms. The predicted molar refractivity (Wildman–Crippen MR) is 161 cm³/mol. The fourth-order valence-corrected chi connectivity index (χ4v) is 9.39. The number of rotatable bonds is 6. The molecule has 0 N–H and O–H groups in total. The maximum atomic E-state index is 16.0. The van der Waals surface area contributed by atoms with Crippen molar-refractivity contribution < 1.29 is 27.1 Å². The van der Waals surface area contributed by atoms with Crippen LogP contribution in [0.5, 0.6) is 0 Å². The third-order valence-corrected chi connectivity index (χ3v) is 11.4. The van der Waals surface area contributed by atoms with Gasteiger partial charge in [0, 0.05) is 37.7 Å². The molecule has 0 amide bonds. The third kappa shape index (κ3) is 5.21. The highest BCUT2D eigenvalue weighted by atomic mass is 19.4. The van der Waals surface area contributed by atoms with Gasteiger partial charge in [-0.3, -0.25) is 4.79 Å². The number of carbonyl (C=O) groups is 1. The highest BCUT2D eigenvalue weighted by Crippen LogP contribution is 2.70. The molecule has 3 fully saturated rings. The maximum Gasteiger partial charge on any atom is 0.457 e. The van der Waals surface area contributed by atoms with Crippen LogP contribution in [0, 0.1) is 39.4 Å². The zero-order valence-corrected chi connectivity index (χ0v) is 25.4. The first-order valence-corrected chi connectivity index (χ1v) is 15.9. The first-order chi connectivity index (χ1) is 21.0. The Hall–Kier alpha value is -2.99. The normalized spacial score (nSPS) is 35.1. The molecule has 4 aliphatic carbocycles. The van der Waals surface area contributed by atoms with Crippen molar-refractivity contribution in [2.45, 2.75) is 89.0 Å². The summed E-state index contributed by atoms with van der Waals surface area (Å²) in [6.07, 6.45) is 1.41. The number of piperidine rings is 1. The standard InChI is InChI=1S/C35H40F4N2O3/c1-33-20-28(22-6-9-24(10-7-22)41-16-4-3-5-17-41)32-25-11-8-23(40-43)18-26(25)30(36)19-27(32)29(33)12-13-34(33,31(42)21-44-2)14-15-35(37,38)39/h6-7,9-10,18,23,27-30H,3-5,8,11-13,16-17,19-21H2,1-2H3/t23?,27-,28?,29-,30?,33-,34-/m0/s1. The van der Waals surface area contributed by atoms with Gasteiger partial charge < -0.3 is 9.64 Å². The Morgan fingerprint density at radius 1 is 1.14 bits per heavy atom. The molecule has 236 valence electrons. The molecule has 0 radical (unpaired) electrons. The summed E-state index contributed by atoms with van der Waals surface area (Å²) < 4.78 is 61.9. The first-order valence-electron chi connectivity index (χ1n) is 15.9. The summed E-state index contributed by atoms with van der Waals surface area (Å²) in [5.74, 6) is 2.80. The van der Waals surface area contributed by atoms with E-state index < -0.39 is 35.0 Å². The van der Waals surface area contributed by atoms with Gasteiger partial charge in [-0.1, -0.05) is 41.8 Å². The number of ketones is 1. The van der Waals surface area contributed by atoms with Crippen LogP contribution < -0.4 is 4.90 Å². The van der Waals surface area contributed by atoms with Crippen molar-refractivity contribution >= 4 is 11.5 Å². The summed E-state index contributed by atoms with van der Waals surface area (Å²) in [6.45, 7) is 3.58. The minimum atomic E-state index is -4.75. The second-order valence-electron chi connectivity index (χ2n) is 13.5. The van der Waals surface area contributed by atoms with E-state index in [9.17, 15) is 22.9 Å². The van der Waals surface area contributed by atoms with Crippen molar-refractivity contribution in [1.82, 2.24) is 0 Å². The van der Waals surface area contributed by atoms with Crippen molar-refractivity contribution in [3.05, 3.63) is 57.5 Å². The monoisotopic (exact) mass is 612 g/mol. The van der Waals surface area contributed by atoms with Crippen LogP contribution in [-0.2, 0) is 9.53 Å². The molecule has 44 heavy (non-hydrogen) atoms. The Morgan fingerprint density at radius 3 is 2.52 bits per heavy atom. The maximum absolute atomic E-state index is 16.0. The lowest BCUT2D eigenvalue weighted by Gasteiger charge is -2.55. The number of carbonyl (C=O) groups excluding carboxylic acids is 1. The van der Waals surface area contributed by atoms with Crippen molar-refractivity contribution in [2.75, 3.05) is 31.7 Å². The van der Waals surface area contributed by atoms with Gasteiger partial charge in [-0.15, -0.1) is 0 Å². The molecule has 0 bridgehead atoms. The van der Waals surface area contributed by atoms with Crippen LogP contribution >= 0.6 is 0 Å². The number of halogens is 4. The van der Waals surface area contributed by atoms with E-state index >= 15 is 4.39 Å². The molecule has 6 rings (SSSR count). The SMILES string of the molecule is COCC(=O)[C@@]1(C#CC(F)(F)F)CC[C@H]2[C@@H]3CC(F)C4=CC(N=O)CCC4=C3C(c3ccc(N4CCCCC4)cc3)C[C@@]21C. The van der Waals surface area contributed by atoms with Gasteiger partial charge in [-0.05, 0) is 104 Å². The Kier molecular flexibility index (Phi) is 8.28. The Labute approximate surface area is 256 Å². The van der Waals surface area contributed by atoms with E-state index in [2.05, 4.69) is 40.3 Å². The Balaban J connectivity index is 1.50. The number of hydrogen-bond acceptors (Lipinski definition) is 5. The summed E-state index contributed by atoms with van der Waals surface area (Å²) >= 11 is 0. The molecule has 1 aliphatic heterocycles. The zero-order valence-electron chi connectivity index (χ0n) is 25.4. The van der Waals surface area contributed by atoms with E-state index in [1.54, 1.807) is 6.08 Å². The van der Waals surface area contributed by atoms with Crippen LogP contribution in [0.25, 0.3) is 0 Å². The number of benzene rings is 1. The molecule has 0 spiro atoms. The van der Waals surface area contributed by atoms with E-state index in [1.807, 2.05) is 6.92 Å². The molecule has 1 heterocycles. The van der Waals surface area contributed by atoms with Crippen LogP contribution in [0.1, 0.15) is 76.2 Å². The summed E-state index contributed by atoms with van der Waals surface area (Å²) in [6, 6.07) is 7.86. The summed E-state index contributed by atoms with van der Waals surface area (Å²) in [5.41, 5.74) is 2.25. The Bertz CT molecular complexity index is 1420. The van der Waals surface area contributed by atoms with Crippen LogP contribution in [0.2, 0.25) is 0 Å². The summed E-state index contributed by atoms with van der Waals surface area (Å²) in [4.78, 5) is 27.6. The fourth-order valence-electron chi connectivity index (χ4n) is 9.39. The van der Waals surface area contributed by atoms with Gasteiger partial charge in [-0.25, -0.2) is 4.39 Å². The number of hydrogen-bond donors (Lipinski definition) is 0. The number of Topliss-reactive ketones (excluding diaryl/α,β-unsaturated/α-hetero) is 1. The van der Waals surface area contributed by atoms with Crippen LogP contribution in [-0.4, -0.2) is 51.0 Å². The minimum absolute atomic E-state index is 0.167. The van der Waals surface area contributed by atoms with E-state index in [-0.39, 0.29) is 37.2 Å². The molecule has 5 nitrogen and oxygen atoms in total. The molecule has 1 aromatic rings. The molecule has 2 saturated carbocycles. The van der Waals surface area contributed by atoms with Crippen molar-refractivity contribution in [2.24, 2.45) is 27.8 Å². The van der Waals surface area contributed by atoms with Crippen molar-refractivity contribution in [3.8, 4) is 11.8 Å². The number of ether oxygens (including phenoxy) is 1. The number of allylic oxidation sites excluding steroid dienone is 3. The van der Waals surface area contributed by atoms with Crippen molar-refractivity contribution in [1.29, 1.82) is 0 Å². The number of nitroso groups, excluding NO2 is 1. The Morgan fingerprint density at radius 2 is 1.86 bits per heavy atom. The van der Waals surface area contributed by atoms with Gasteiger partial charge in [0.2, 0.25) is 0 Å². The van der Waals surface area contributed by atoms with E-state index in [0.717, 1.165) is 48.3 Å². The summed E-state index contributed by atoms with van der Waals surface area (Å²) in [5, 5.41) is 3.19. The molecule has 0 aromatic heterocycles. The van der Waals surface area contributed by atoms with Gasteiger partial charge in [0.05, 0.1) is 5.41 Å². The molecular formula is C35H40F4N2O3. The summed E-state index contributed by atoms with van der Waals surface area (Å²) in [7, 11) is 1.36. The number of methoxy groups -OCH3 is 1. The average molecular weight is 613 g/mol. The van der Waals surface area contributed by atoms with Gasteiger partial charge in [-0.2, -0.15) is 18.1 Å². The lowest BCUT2D eigenvalue weighted by molar-refractivity contribution is -0.136. The van der Waals surface area contributed by atoms with E-state index in [1.165, 1.54) is 19.5 Å². The number of alkyl halides is 4. The highest BCUT2D eigenvalue weighted by molar-refractivity contribution is 5.90. The highest BCUT2D eigenvalue weighted by Gasteiger charge is 2.66. The molecule has 1 aromatic carbocycles. The van der Waals surface area contributed by atoms with E-state index in [0.29, 0.717) is 31.3 Å². The van der Waals surface area contributed by atoms with Crippen LogP contribution in [0.4, 0.5) is 23.2 Å². The number of anilines is 1. The lowest BCUT2D eigenvalue weighted by atomic mass is 9.48. The number of fused-ring (bicyclic) bond motifs is 4. The van der Waals surface area contributed by atoms with Crippen LogP contribution in [0.3, 0.4) is 0 Å². The zero-order chi connectivity index (χ0) is 31.3. The van der Waals surface area contributed by atoms with Gasteiger partial charge >= 0.3 is 6.18 Å². The predicted octanol–water partition coefficient (Wildman–Crippen LogP) is 7.86. The van der Waals surface area contributed by atoms with Gasteiger partial charge in [0.25, 0.3) is 0 Å². The first kappa shape index (κ1) is 31.0. The molecule has 7 atom stereocenters. The molecule has 5 aliphatic rings.